The molecule has 1 amide bonds. The number of carbonyl (C=O) groups is 1. The van der Waals surface area contributed by atoms with Crippen LogP contribution in [0.25, 0.3) is 21.9 Å². The minimum Gasteiger partial charge on any atom is -0.304 e. The van der Waals surface area contributed by atoms with E-state index in [1.165, 1.54) is 0 Å². The maximum atomic E-state index is 12.8. The van der Waals surface area contributed by atoms with Crippen LogP contribution in [0.5, 0.6) is 0 Å². The zero-order chi connectivity index (χ0) is 19.8. The quantitative estimate of drug-likeness (QED) is 0.455. The Labute approximate surface area is 171 Å². The molecule has 4 aromatic rings. The first-order chi connectivity index (χ1) is 13.4. The van der Waals surface area contributed by atoms with Gasteiger partial charge in [0.05, 0.1) is 16.5 Å². The Kier molecular flexibility index (Phi) is 4.89. The number of aryl methyl sites for hydroxylation is 1. The zero-order valence-electron chi connectivity index (χ0n) is 16.0. The van der Waals surface area contributed by atoms with Crippen LogP contribution in [0.1, 0.15) is 29.8 Å². The van der Waals surface area contributed by atoms with E-state index in [1.54, 1.807) is 6.07 Å². The minimum atomic E-state index is -0.201. The summed E-state index contributed by atoms with van der Waals surface area (Å²) >= 11 is 3.44. The molecule has 0 saturated heterocycles. The van der Waals surface area contributed by atoms with Gasteiger partial charge in [-0.05, 0) is 58.6 Å². The lowest BCUT2D eigenvalue weighted by molar-refractivity contribution is 0.102. The fourth-order valence-electron chi connectivity index (χ4n) is 3.25. The summed E-state index contributed by atoms with van der Waals surface area (Å²) in [5.41, 5.74) is 3.45. The summed E-state index contributed by atoms with van der Waals surface area (Å²) in [6, 6.07) is 15.6. The number of rotatable bonds is 4. The maximum Gasteiger partial charge on any atom is 0.258 e. The van der Waals surface area contributed by atoms with Crippen LogP contribution in [0.15, 0.2) is 53.0 Å². The van der Waals surface area contributed by atoms with E-state index in [1.807, 2.05) is 22.9 Å². The molecule has 4 rings (SSSR count). The van der Waals surface area contributed by atoms with E-state index in [2.05, 4.69) is 71.4 Å². The third kappa shape index (κ3) is 3.52. The van der Waals surface area contributed by atoms with Gasteiger partial charge in [0.15, 0.2) is 11.5 Å². The van der Waals surface area contributed by atoms with Crippen LogP contribution >= 0.6 is 15.9 Å². The predicted octanol–water partition coefficient (Wildman–Crippen LogP) is 5.56. The van der Waals surface area contributed by atoms with Crippen LogP contribution in [0.3, 0.4) is 0 Å². The number of carbonyl (C=O) groups excluding carboxylic acids is 1. The molecule has 0 spiro atoms. The number of hydrogen-bond donors (Lipinski definition) is 1. The second kappa shape index (κ2) is 7.36. The van der Waals surface area contributed by atoms with Gasteiger partial charge in [-0.1, -0.05) is 38.1 Å². The van der Waals surface area contributed by atoms with E-state index in [-0.39, 0.29) is 5.91 Å². The molecule has 0 unspecified atom stereocenters. The van der Waals surface area contributed by atoms with Crippen molar-refractivity contribution in [1.29, 1.82) is 0 Å². The molecule has 0 atom stereocenters. The number of aromatic nitrogens is 3. The normalized spacial score (nSPS) is 11.5. The molecule has 0 aliphatic rings. The number of benzene rings is 2. The van der Waals surface area contributed by atoms with Gasteiger partial charge in [-0.15, -0.1) is 0 Å². The summed E-state index contributed by atoms with van der Waals surface area (Å²) in [6.45, 7) is 7.06. The second-order valence-electron chi connectivity index (χ2n) is 7.41. The average Bonchev–Trinajstić information content (AvgIpc) is 2.96. The van der Waals surface area contributed by atoms with Crippen molar-refractivity contribution in [2.45, 2.75) is 27.3 Å². The molecule has 0 radical (unpaired) electrons. The van der Waals surface area contributed by atoms with Crippen molar-refractivity contribution in [1.82, 2.24) is 14.8 Å². The highest BCUT2D eigenvalue weighted by Crippen LogP contribution is 2.28. The maximum absolute atomic E-state index is 12.8. The van der Waals surface area contributed by atoms with E-state index in [0.29, 0.717) is 17.3 Å². The zero-order valence-corrected chi connectivity index (χ0v) is 17.6. The lowest BCUT2D eigenvalue weighted by atomic mass is 10.1. The van der Waals surface area contributed by atoms with Crippen molar-refractivity contribution in [3.8, 4) is 0 Å². The standard InChI is InChI=1S/C22H21BrN4O/c1-13(2)12-27-21-17(11-15-9-8-14(3)10-19(15)24-21)20(26-27)25-22(28)16-6-4-5-7-18(16)23/h4-11,13H,12H2,1-3H3,(H,25,26,28). The number of nitrogens with zero attached hydrogens (tertiary/aromatic N) is 3. The van der Waals surface area contributed by atoms with Gasteiger partial charge in [-0.25, -0.2) is 9.67 Å². The number of pyridine rings is 1. The summed E-state index contributed by atoms with van der Waals surface area (Å²) < 4.78 is 2.63. The van der Waals surface area contributed by atoms with Gasteiger partial charge in [0.1, 0.15) is 0 Å². The van der Waals surface area contributed by atoms with Crippen LogP contribution in [-0.4, -0.2) is 20.7 Å². The van der Waals surface area contributed by atoms with E-state index in [9.17, 15) is 4.79 Å². The molecule has 1 N–H and O–H groups in total. The van der Waals surface area contributed by atoms with E-state index in [0.717, 1.165) is 38.5 Å². The Morgan fingerprint density at radius 2 is 1.96 bits per heavy atom. The molecule has 2 aromatic carbocycles. The summed E-state index contributed by atoms with van der Waals surface area (Å²) in [5.74, 6) is 0.740. The molecule has 142 valence electrons. The molecule has 0 aliphatic carbocycles. The number of fused-ring (bicyclic) bond motifs is 2. The fraction of sp³-hybridized carbons (Fsp3) is 0.227. The largest absolute Gasteiger partial charge is 0.304 e. The van der Waals surface area contributed by atoms with Crippen molar-refractivity contribution in [2.24, 2.45) is 5.92 Å². The highest BCUT2D eigenvalue weighted by molar-refractivity contribution is 9.10. The van der Waals surface area contributed by atoms with Crippen molar-refractivity contribution in [2.75, 3.05) is 5.32 Å². The number of hydrogen-bond acceptors (Lipinski definition) is 3. The van der Waals surface area contributed by atoms with E-state index in [4.69, 9.17) is 4.98 Å². The first-order valence-corrected chi connectivity index (χ1v) is 10.1. The first-order valence-electron chi connectivity index (χ1n) is 9.26. The van der Waals surface area contributed by atoms with Crippen LogP contribution in [0.4, 0.5) is 5.82 Å². The summed E-state index contributed by atoms with van der Waals surface area (Å²) in [6.07, 6.45) is 0. The third-order valence-corrected chi connectivity index (χ3v) is 5.25. The van der Waals surface area contributed by atoms with Crippen molar-refractivity contribution < 1.29 is 4.79 Å². The van der Waals surface area contributed by atoms with Crippen LogP contribution in [0.2, 0.25) is 0 Å². The molecule has 0 saturated carbocycles. The molecule has 2 heterocycles. The fourth-order valence-corrected chi connectivity index (χ4v) is 3.71. The van der Waals surface area contributed by atoms with Gasteiger partial charge in [-0.3, -0.25) is 4.79 Å². The van der Waals surface area contributed by atoms with Crippen LogP contribution < -0.4 is 5.32 Å². The van der Waals surface area contributed by atoms with Gasteiger partial charge >= 0.3 is 0 Å². The Hall–Kier alpha value is -2.73. The molecular formula is C22H21BrN4O. The minimum absolute atomic E-state index is 0.201. The van der Waals surface area contributed by atoms with Gasteiger partial charge in [0.25, 0.3) is 5.91 Å². The van der Waals surface area contributed by atoms with E-state index >= 15 is 0 Å². The summed E-state index contributed by atoms with van der Waals surface area (Å²) in [4.78, 5) is 17.7. The molecule has 0 bridgehead atoms. The topological polar surface area (TPSA) is 59.8 Å². The van der Waals surface area contributed by atoms with Gasteiger partial charge in [-0.2, -0.15) is 5.10 Å². The second-order valence-corrected chi connectivity index (χ2v) is 8.27. The smallest absolute Gasteiger partial charge is 0.258 e. The number of anilines is 1. The Morgan fingerprint density at radius 3 is 2.71 bits per heavy atom. The third-order valence-electron chi connectivity index (χ3n) is 4.56. The Morgan fingerprint density at radius 1 is 1.18 bits per heavy atom. The molecule has 28 heavy (non-hydrogen) atoms. The highest BCUT2D eigenvalue weighted by atomic mass is 79.9. The van der Waals surface area contributed by atoms with Gasteiger partial charge in [0.2, 0.25) is 0 Å². The number of halogens is 1. The number of nitrogens with one attached hydrogen (secondary N) is 1. The number of amides is 1. The predicted molar refractivity (Wildman–Crippen MR) is 117 cm³/mol. The summed E-state index contributed by atoms with van der Waals surface area (Å²) in [5, 5.41) is 9.52. The molecule has 0 fully saturated rings. The van der Waals surface area contributed by atoms with Gasteiger partial charge < -0.3 is 5.32 Å². The highest BCUT2D eigenvalue weighted by Gasteiger charge is 2.18. The lowest BCUT2D eigenvalue weighted by Crippen LogP contribution is -2.14. The van der Waals surface area contributed by atoms with Crippen LogP contribution in [-0.2, 0) is 6.54 Å². The van der Waals surface area contributed by atoms with Crippen molar-refractivity contribution in [3.63, 3.8) is 0 Å². The lowest BCUT2D eigenvalue weighted by Gasteiger charge is -2.06. The van der Waals surface area contributed by atoms with Crippen molar-refractivity contribution >= 4 is 49.6 Å². The Balaban J connectivity index is 1.84. The Bertz CT molecular complexity index is 1200. The first kappa shape index (κ1) is 18.6. The average molecular weight is 437 g/mol. The van der Waals surface area contributed by atoms with Crippen LogP contribution in [0, 0.1) is 12.8 Å². The molecule has 0 aliphatic heterocycles. The summed E-state index contributed by atoms with van der Waals surface area (Å²) in [7, 11) is 0. The monoisotopic (exact) mass is 436 g/mol. The molecule has 6 heteroatoms. The molecule has 5 nitrogen and oxygen atoms in total. The molecule has 2 aromatic heterocycles. The van der Waals surface area contributed by atoms with Gasteiger partial charge in [0, 0.05) is 16.4 Å². The van der Waals surface area contributed by atoms with Crippen molar-refractivity contribution in [3.05, 3.63) is 64.1 Å². The molecular weight excluding hydrogens is 416 g/mol. The van der Waals surface area contributed by atoms with E-state index < -0.39 is 0 Å². The SMILES string of the molecule is Cc1ccc2cc3c(NC(=O)c4ccccc4Br)nn(CC(C)C)c3nc2c1.